The van der Waals surface area contributed by atoms with Gasteiger partial charge in [-0.3, -0.25) is 9.59 Å². The number of rotatable bonds is 5. The molecule has 0 aliphatic heterocycles. The number of carbonyl (C=O) groups is 2. The molecule has 4 nitrogen and oxygen atoms in total. The number of ether oxygens (including phenoxy) is 1. The second-order valence-corrected chi connectivity index (χ2v) is 5.10. The summed E-state index contributed by atoms with van der Waals surface area (Å²) in [5.74, 6) is -2.08. The molecule has 0 heterocycles. The molecule has 0 aromatic heterocycles. The van der Waals surface area contributed by atoms with Crippen molar-refractivity contribution in [3.8, 4) is 5.75 Å². The lowest BCUT2D eigenvalue weighted by Gasteiger charge is -2.11. The zero-order valence-electron chi connectivity index (χ0n) is 12.7. The van der Waals surface area contributed by atoms with Gasteiger partial charge >= 0.3 is 0 Å². The molecule has 0 aliphatic carbocycles. The second kappa shape index (κ2) is 7.00. The van der Waals surface area contributed by atoms with E-state index in [1.165, 1.54) is 4.90 Å². The van der Waals surface area contributed by atoms with Crippen LogP contribution in [0.5, 0.6) is 5.75 Å². The summed E-state index contributed by atoms with van der Waals surface area (Å²) in [5.41, 5.74) is 0.649. The van der Waals surface area contributed by atoms with Crippen molar-refractivity contribution in [2.45, 2.75) is 6.61 Å². The zero-order valence-corrected chi connectivity index (χ0v) is 12.7. The van der Waals surface area contributed by atoms with Crippen LogP contribution in [-0.4, -0.2) is 31.2 Å². The van der Waals surface area contributed by atoms with E-state index in [0.29, 0.717) is 5.56 Å². The number of hydrogen-bond donors (Lipinski definition) is 0. The third-order valence-electron chi connectivity index (χ3n) is 3.18. The summed E-state index contributed by atoms with van der Waals surface area (Å²) in [5, 5.41) is 0. The molecular formula is C17H15F2NO3. The Hall–Kier alpha value is -2.76. The Labute approximate surface area is 132 Å². The smallest absolute Gasteiger partial charge is 0.253 e. The largest absolute Gasteiger partial charge is 0.489 e. The third kappa shape index (κ3) is 3.91. The van der Waals surface area contributed by atoms with Crippen LogP contribution in [0.3, 0.4) is 0 Å². The fourth-order valence-corrected chi connectivity index (χ4v) is 1.93. The van der Waals surface area contributed by atoms with Gasteiger partial charge in [-0.25, -0.2) is 8.78 Å². The van der Waals surface area contributed by atoms with E-state index in [0.717, 1.165) is 17.7 Å². The van der Waals surface area contributed by atoms with E-state index >= 15 is 0 Å². The summed E-state index contributed by atoms with van der Waals surface area (Å²) in [6.07, 6.45) is 0.120. The van der Waals surface area contributed by atoms with Crippen LogP contribution in [0.25, 0.3) is 0 Å². The molecule has 0 bridgehead atoms. The fourth-order valence-electron chi connectivity index (χ4n) is 1.93. The summed E-state index contributed by atoms with van der Waals surface area (Å²) in [4.78, 5) is 23.7. The van der Waals surface area contributed by atoms with Gasteiger partial charge in [0.25, 0.3) is 5.91 Å². The van der Waals surface area contributed by atoms with E-state index in [9.17, 15) is 18.4 Å². The Bertz CT molecular complexity index is 704. The first-order valence-corrected chi connectivity index (χ1v) is 6.80. The molecule has 1 amide bonds. The topological polar surface area (TPSA) is 46.6 Å². The molecule has 0 N–H and O–H groups in total. The SMILES string of the molecule is CN(C)C(=O)c1ccc(COc2cc(F)c(C=O)c(F)c2)cc1. The van der Waals surface area contributed by atoms with Crippen molar-refractivity contribution in [1.29, 1.82) is 0 Å². The van der Waals surface area contributed by atoms with Gasteiger partial charge in [-0.15, -0.1) is 0 Å². The fraction of sp³-hybridized carbons (Fsp3) is 0.176. The number of halogens is 2. The first-order chi connectivity index (χ1) is 10.9. The zero-order chi connectivity index (χ0) is 17.0. The number of amides is 1. The van der Waals surface area contributed by atoms with E-state index in [2.05, 4.69) is 0 Å². The molecule has 0 aliphatic rings. The van der Waals surface area contributed by atoms with Crippen LogP contribution in [0, 0.1) is 11.6 Å². The Morgan fingerprint density at radius 1 is 1.13 bits per heavy atom. The summed E-state index contributed by atoms with van der Waals surface area (Å²) in [7, 11) is 3.32. The van der Waals surface area contributed by atoms with Gasteiger partial charge in [-0.1, -0.05) is 12.1 Å². The minimum absolute atomic E-state index is 0.0148. The Balaban J connectivity index is 2.07. The highest BCUT2D eigenvalue weighted by atomic mass is 19.1. The van der Waals surface area contributed by atoms with E-state index in [-0.39, 0.29) is 24.5 Å². The molecule has 2 aromatic carbocycles. The van der Waals surface area contributed by atoms with E-state index in [1.807, 2.05) is 0 Å². The van der Waals surface area contributed by atoms with Crippen LogP contribution in [0.1, 0.15) is 26.3 Å². The van der Waals surface area contributed by atoms with Crippen LogP contribution in [-0.2, 0) is 6.61 Å². The number of aldehydes is 1. The van der Waals surface area contributed by atoms with E-state index in [1.54, 1.807) is 38.4 Å². The number of nitrogens with zero attached hydrogens (tertiary/aromatic N) is 1. The quantitative estimate of drug-likeness (QED) is 0.796. The van der Waals surface area contributed by atoms with Crippen molar-refractivity contribution in [2.75, 3.05) is 14.1 Å². The first-order valence-electron chi connectivity index (χ1n) is 6.80. The minimum Gasteiger partial charge on any atom is -0.489 e. The lowest BCUT2D eigenvalue weighted by Crippen LogP contribution is -2.21. The molecule has 120 valence electrons. The standard InChI is InChI=1S/C17H15F2NO3/c1-20(2)17(22)12-5-3-11(4-6-12)10-23-13-7-15(18)14(9-21)16(19)8-13/h3-9H,10H2,1-2H3. The molecular weight excluding hydrogens is 304 g/mol. The molecule has 0 saturated heterocycles. The Morgan fingerprint density at radius 3 is 2.17 bits per heavy atom. The normalized spacial score (nSPS) is 10.3. The van der Waals surface area contributed by atoms with Gasteiger partial charge in [0.1, 0.15) is 24.0 Å². The van der Waals surface area contributed by atoms with Gasteiger partial charge in [0.05, 0.1) is 5.56 Å². The van der Waals surface area contributed by atoms with Crippen molar-refractivity contribution >= 4 is 12.2 Å². The van der Waals surface area contributed by atoms with Gasteiger partial charge in [-0.05, 0) is 17.7 Å². The van der Waals surface area contributed by atoms with Crippen molar-refractivity contribution in [3.63, 3.8) is 0 Å². The van der Waals surface area contributed by atoms with E-state index < -0.39 is 17.2 Å². The lowest BCUT2D eigenvalue weighted by molar-refractivity contribution is 0.0827. The molecule has 2 rings (SSSR count). The van der Waals surface area contributed by atoms with Gasteiger partial charge in [0.2, 0.25) is 0 Å². The van der Waals surface area contributed by atoms with Crippen molar-refractivity contribution in [1.82, 2.24) is 4.90 Å². The molecule has 0 unspecified atom stereocenters. The highest BCUT2D eigenvalue weighted by molar-refractivity contribution is 5.93. The van der Waals surface area contributed by atoms with Crippen molar-refractivity contribution < 1.29 is 23.1 Å². The highest BCUT2D eigenvalue weighted by Crippen LogP contribution is 2.20. The van der Waals surface area contributed by atoms with Gasteiger partial charge in [0.15, 0.2) is 6.29 Å². The third-order valence-corrected chi connectivity index (χ3v) is 3.18. The van der Waals surface area contributed by atoms with Crippen LogP contribution in [0.4, 0.5) is 8.78 Å². The summed E-state index contributed by atoms with van der Waals surface area (Å²) in [6.45, 7) is 0.0791. The van der Waals surface area contributed by atoms with Gasteiger partial charge < -0.3 is 9.64 Å². The molecule has 0 fully saturated rings. The molecule has 0 saturated carbocycles. The van der Waals surface area contributed by atoms with Crippen LogP contribution in [0.15, 0.2) is 36.4 Å². The highest BCUT2D eigenvalue weighted by Gasteiger charge is 2.11. The second-order valence-electron chi connectivity index (χ2n) is 5.10. The van der Waals surface area contributed by atoms with Crippen LogP contribution >= 0.6 is 0 Å². The Morgan fingerprint density at radius 2 is 1.70 bits per heavy atom. The average molecular weight is 319 g/mol. The molecule has 0 radical (unpaired) electrons. The lowest BCUT2D eigenvalue weighted by atomic mass is 10.1. The number of hydrogen-bond acceptors (Lipinski definition) is 3. The maximum absolute atomic E-state index is 13.5. The minimum atomic E-state index is -0.970. The Kier molecular flexibility index (Phi) is 5.05. The van der Waals surface area contributed by atoms with Gasteiger partial charge in [-0.2, -0.15) is 0 Å². The number of benzene rings is 2. The number of carbonyl (C=O) groups excluding carboxylic acids is 2. The summed E-state index contributed by atoms with van der Waals surface area (Å²) in [6, 6.07) is 8.61. The summed E-state index contributed by atoms with van der Waals surface area (Å²) >= 11 is 0. The van der Waals surface area contributed by atoms with Crippen LogP contribution in [0.2, 0.25) is 0 Å². The predicted molar refractivity (Wildman–Crippen MR) is 80.5 cm³/mol. The molecule has 0 spiro atoms. The monoisotopic (exact) mass is 319 g/mol. The van der Waals surface area contributed by atoms with E-state index in [4.69, 9.17) is 4.74 Å². The average Bonchev–Trinajstić information content (AvgIpc) is 2.52. The van der Waals surface area contributed by atoms with Crippen molar-refractivity contribution in [3.05, 3.63) is 64.7 Å². The molecule has 23 heavy (non-hydrogen) atoms. The maximum Gasteiger partial charge on any atom is 0.253 e. The van der Waals surface area contributed by atoms with Crippen LogP contribution < -0.4 is 4.74 Å². The maximum atomic E-state index is 13.5. The predicted octanol–water partition coefficient (Wildman–Crippen LogP) is 3.06. The molecule has 0 atom stereocenters. The first kappa shape index (κ1) is 16.6. The van der Waals surface area contributed by atoms with Gasteiger partial charge in [0, 0.05) is 31.8 Å². The van der Waals surface area contributed by atoms with Crippen molar-refractivity contribution in [2.24, 2.45) is 0 Å². The molecule has 2 aromatic rings. The molecule has 6 heteroatoms. The summed E-state index contributed by atoms with van der Waals surface area (Å²) < 4.78 is 32.2.